The molecule has 19 heavy (non-hydrogen) atoms. The lowest BCUT2D eigenvalue weighted by Crippen LogP contribution is -2.43. The molecule has 0 unspecified atom stereocenters. The molecule has 3 nitrogen and oxygen atoms in total. The fourth-order valence-electron chi connectivity index (χ4n) is 2.46. The second kappa shape index (κ2) is 6.94. The number of amides is 1. The molecule has 1 saturated carbocycles. The van der Waals surface area contributed by atoms with E-state index in [2.05, 4.69) is 28.2 Å². The van der Waals surface area contributed by atoms with Crippen LogP contribution in [0.3, 0.4) is 0 Å². The highest BCUT2D eigenvalue weighted by atomic mass is 79.9. The highest BCUT2D eigenvalue weighted by Crippen LogP contribution is 2.23. The van der Waals surface area contributed by atoms with Crippen LogP contribution >= 0.6 is 15.9 Å². The van der Waals surface area contributed by atoms with E-state index in [0.29, 0.717) is 12.0 Å². The summed E-state index contributed by atoms with van der Waals surface area (Å²) < 4.78 is 6.47. The van der Waals surface area contributed by atoms with Crippen LogP contribution < -0.4 is 10.1 Å². The first-order chi connectivity index (χ1) is 9.15. The van der Waals surface area contributed by atoms with Crippen molar-refractivity contribution >= 4 is 21.8 Å². The molecule has 1 aliphatic carbocycles. The Bertz CT molecular complexity index is 419. The van der Waals surface area contributed by atoms with Gasteiger partial charge in [-0.2, -0.15) is 0 Å². The molecule has 1 aliphatic rings. The predicted molar refractivity (Wildman–Crippen MR) is 79.2 cm³/mol. The molecule has 104 valence electrons. The molecule has 2 rings (SSSR count). The Balaban J connectivity index is 1.76. The van der Waals surface area contributed by atoms with E-state index in [1.165, 1.54) is 19.3 Å². The van der Waals surface area contributed by atoms with Crippen molar-refractivity contribution in [3.8, 4) is 5.75 Å². The third-order valence-electron chi connectivity index (χ3n) is 3.64. The maximum Gasteiger partial charge on any atom is 0.258 e. The Kier molecular flexibility index (Phi) is 5.25. The molecule has 2 atom stereocenters. The average Bonchev–Trinajstić information content (AvgIpc) is 2.41. The Morgan fingerprint density at radius 1 is 1.32 bits per heavy atom. The lowest BCUT2D eigenvalue weighted by molar-refractivity contribution is -0.124. The fourth-order valence-corrected chi connectivity index (χ4v) is 2.72. The smallest absolute Gasteiger partial charge is 0.258 e. The number of nitrogens with one attached hydrogen (secondary N) is 1. The van der Waals surface area contributed by atoms with E-state index in [1.807, 2.05) is 24.3 Å². The zero-order valence-corrected chi connectivity index (χ0v) is 12.8. The molecule has 0 bridgehead atoms. The first kappa shape index (κ1) is 14.4. The van der Waals surface area contributed by atoms with Crippen LogP contribution in [0.1, 0.15) is 32.6 Å². The van der Waals surface area contributed by atoms with E-state index in [0.717, 1.165) is 16.6 Å². The van der Waals surface area contributed by atoms with Crippen LogP contribution in [0.5, 0.6) is 5.75 Å². The zero-order valence-electron chi connectivity index (χ0n) is 11.2. The van der Waals surface area contributed by atoms with E-state index >= 15 is 0 Å². The van der Waals surface area contributed by atoms with Gasteiger partial charge in [-0.05, 0) is 43.0 Å². The molecule has 0 saturated heterocycles. The van der Waals surface area contributed by atoms with E-state index in [4.69, 9.17) is 4.74 Å². The minimum atomic E-state index is -0.0262. The maximum absolute atomic E-state index is 11.9. The molecule has 0 spiro atoms. The maximum atomic E-state index is 11.9. The number of hydrogen-bond donors (Lipinski definition) is 1. The van der Waals surface area contributed by atoms with Gasteiger partial charge in [0.2, 0.25) is 0 Å². The molecule has 0 aromatic heterocycles. The molecular formula is C15H20BrNO2. The van der Waals surface area contributed by atoms with E-state index in [9.17, 15) is 4.79 Å². The number of carbonyl (C=O) groups excluding carboxylic acids is 1. The van der Waals surface area contributed by atoms with Gasteiger partial charge in [-0.15, -0.1) is 0 Å². The first-order valence-electron chi connectivity index (χ1n) is 6.83. The van der Waals surface area contributed by atoms with Gasteiger partial charge >= 0.3 is 0 Å². The predicted octanol–water partition coefficient (Wildman–Crippen LogP) is 3.52. The fraction of sp³-hybridized carbons (Fsp3) is 0.533. The second-order valence-electron chi connectivity index (χ2n) is 5.18. The Morgan fingerprint density at radius 2 is 2.00 bits per heavy atom. The Morgan fingerprint density at radius 3 is 2.68 bits per heavy atom. The third kappa shape index (κ3) is 4.53. The number of hydrogen-bond acceptors (Lipinski definition) is 2. The van der Waals surface area contributed by atoms with Crippen molar-refractivity contribution in [2.75, 3.05) is 6.61 Å². The van der Waals surface area contributed by atoms with Crippen LogP contribution in [0.4, 0.5) is 0 Å². The molecule has 1 amide bonds. The summed E-state index contributed by atoms with van der Waals surface area (Å²) in [5, 5.41) is 3.08. The monoisotopic (exact) mass is 325 g/mol. The molecule has 0 radical (unpaired) electrons. The molecule has 4 heteroatoms. The van der Waals surface area contributed by atoms with Crippen LogP contribution in [0.15, 0.2) is 28.7 Å². The summed E-state index contributed by atoms with van der Waals surface area (Å²) in [5.41, 5.74) is 0. The zero-order chi connectivity index (χ0) is 13.7. The largest absolute Gasteiger partial charge is 0.484 e. The van der Waals surface area contributed by atoms with E-state index < -0.39 is 0 Å². The number of carbonyl (C=O) groups is 1. The molecule has 1 aromatic carbocycles. The van der Waals surface area contributed by atoms with Gasteiger partial charge in [0.25, 0.3) is 5.91 Å². The lowest BCUT2D eigenvalue weighted by atomic mass is 9.86. The number of halogens is 1. The number of benzene rings is 1. The van der Waals surface area contributed by atoms with Crippen LogP contribution in [0.2, 0.25) is 0 Å². The van der Waals surface area contributed by atoms with Crippen molar-refractivity contribution in [1.29, 1.82) is 0 Å². The summed E-state index contributed by atoms with van der Waals surface area (Å²) in [6.07, 6.45) is 4.79. The standard InChI is InChI=1S/C15H20BrNO2/c1-11-4-2-3-5-14(11)17-15(18)10-19-13-8-6-12(16)7-9-13/h6-9,11,14H,2-5,10H2,1H3,(H,17,18)/t11-,14-/m0/s1. The van der Waals surface area contributed by atoms with Gasteiger partial charge in [0.1, 0.15) is 5.75 Å². The first-order valence-corrected chi connectivity index (χ1v) is 7.62. The SMILES string of the molecule is C[C@H]1CCCC[C@@H]1NC(=O)COc1ccc(Br)cc1. The van der Waals surface area contributed by atoms with Crippen LogP contribution in [-0.2, 0) is 4.79 Å². The summed E-state index contributed by atoms with van der Waals surface area (Å²) in [4.78, 5) is 11.9. The number of rotatable bonds is 4. The summed E-state index contributed by atoms with van der Waals surface area (Å²) in [6.45, 7) is 2.30. The second-order valence-corrected chi connectivity index (χ2v) is 6.09. The lowest BCUT2D eigenvalue weighted by Gasteiger charge is -2.29. The van der Waals surface area contributed by atoms with Crippen molar-refractivity contribution < 1.29 is 9.53 Å². The Hall–Kier alpha value is -1.03. The molecule has 1 aromatic rings. The summed E-state index contributed by atoms with van der Waals surface area (Å²) in [5.74, 6) is 1.27. The van der Waals surface area contributed by atoms with Gasteiger partial charge in [-0.25, -0.2) is 0 Å². The highest BCUT2D eigenvalue weighted by molar-refractivity contribution is 9.10. The van der Waals surface area contributed by atoms with Gasteiger partial charge in [-0.1, -0.05) is 35.7 Å². The number of ether oxygens (including phenoxy) is 1. The molecule has 1 fully saturated rings. The normalized spacial score (nSPS) is 22.8. The van der Waals surface area contributed by atoms with Crippen molar-refractivity contribution in [2.45, 2.75) is 38.6 Å². The summed E-state index contributed by atoms with van der Waals surface area (Å²) in [7, 11) is 0. The minimum absolute atomic E-state index is 0.0262. The van der Waals surface area contributed by atoms with Gasteiger partial charge < -0.3 is 10.1 Å². The van der Waals surface area contributed by atoms with Gasteiger partial charge in [0.05, 0.1) is 0 Å². The average molecular weight is 326 g/mol. The van der Waals surface area contributed by atoms with E-state index in [1.54, 1.807) is 0 Å². The summed E-state index contributed by atoms with van der Waals surface area (Å²) in [6, 6.07) is 7.81. The van der Waals surface area contributed by atoms with Crippen molar-refractivity contribution in [3.05, 3.63) is 28.7 Å². The van der Waals surface area contributed by atoms with Gasteiger partial charge in [-0.3, -0.25) is 4.79 Å². The van der Waals surface area contributed by atoms with Crippen molar-refractivity contribution in [1.82, 2.24) is 5.32 Å². The quantitative estimate of drug-likeness (QED) is 0.919. The molecule has 0 aliphatic heterocycles. The Labute approximate surface area is 122 Å². The van der Waals surface area contributed by atoms with Crippen LogP contribution in [0, 0.1) is 5.92 Å². The molecular weight excluding hydrogens is 306 g/mol. The topological polar surface area (TPSA) is 38.3 Å². The molecule has 1 N–H and O–H groups in total. The summed E-state index contributed by atoms with van der Waals surface area (Å²) >= 11 is 3.36. The van der Waals surface area contributed by atoms with Gasteiger partial charge in [0, 0.05) is 10.5 Å². The minimum Gasteiger partial charge on any atom is -0.484 e. The van der Waals surface area contributed by atoms with E-state index in [-0.39, 0.29) is 12.5 Å². The third-order valence-corrected chi connectivity index (χ3v) is 4.17. The van der Waals surface area contributed by atoms with Gasteiger partial charge in [0.15, 0.2) is 6.61 Å². The van der Waals surface area contributed by atoms with Crippen LogP contribution in [-0.4, -0.2) is 18.6 Å². The molecule has 0 heterocycles. The van der Waals surface area contributed by atoms with Crippen molar-refractivity contribution in [2.24, 2.45) is 5.92 Å². The van der Waals surface area contributed by atoms with Crippen LogP contribution in [0.25, 0.3) is 0 Å². The highest BCUT2D eigenvalue weighted by Gasteiger charge is 2.22. The van der Waals surface area contributed by atoms with Crippen molar-refractivity contribution in [3.63, 3.8) is 0 Å².